The molecule has 232 valence electrons. The Bertz CT molecular complexity index is 1170. The minimum Gasteiger partial charge on any atom is -0.326 e. The van der Waals surface area contributed by atoms with E-state index in [4.69, 9.17) is 0 Å². The smallest absolute Gasteiger partial charge is 0.106 e. The maximum Gasteiger partial charge on any atom is 0.106 e. The van der Waals surface area contributed by atoms with Gasteiger partial charge in [0.15, 0.2) is 0 Å². The predicted molar refractivity (Wildman–Crippen MR) is 185 cm³/mol. The average molecular weight is 641 g/mol. The summed E-state index contributed by atoms with van der Waals surface area (Å²) in [6, 6.07) is 0. The van der Waals surface area contributed by atoms with Crippen LogP contribution in [0.3, 0.4) is 0 Å². The van der Waals surface area contributed by atoms with Gasteiger partial charge in [-0.2, -0.15) is 0 Å². The highest BCUT2D eigenvalue weighted by atomic mass is 32.2. The first-order valence-electron chi connectivity index (χ1n) is 12.8. The molecule has 0 saturated carbocycles. The van der Waals surface area contributed by atoms with Crippen LogP contribution in [0.1, 0.15) is 53.5 Å². The first kappa shape index (κ1) is 39.2. The molecule has 0 aliphatic heterocycles. The van der Waals surface area contributed by atoms with Crippen molar-refractivity contribution in [2.45, 2.75) is 82.9 Å². The quantitative estimate of drug-likeness (QED) is 0.211. The van der Waals surface area contributed by atoms with Gasteiger partial charge in [0.05, 0.1) is 42.9 Å². The van der Waals surface area contributed by atoms with Crippen LogP contribution in [0.4, 0.5) is 0 Å². The van der Waals surface area contributed by atoms with E-state index in [-0.39, 0.29) is 7.43 Å². The van der Waals surface area contributed by atoms with Crippen LogP contribution >= 0.6 is 47.0 Å². The molecular formula is C29H52N8S4. The number of thioether (sulfide) groups is 4. The van der Waals surface area contributed by atoms with Crippen molar-refractivity contribution in [3.8, 4) is 0 Å². The van der Waals surface area contributed by atoms with Gasteiger partial charge in [-0.15, -0.1) is 47.0 Å². The Kier molecular flexibility index (Phi) is 17.3. The minimum atomic E-state index is 0. The topological polar surface area (TPSA) is 71.3 Å². The third-order valence-corrected chi connectivity index (χ3v) is 10.3. The molecule has 4 aromatic heterocycles. The highest BCUT2D eigenvalue weighted by Gasteiger charge is 2.07. The van der Waals surface area contributed by atoms with Crippen molar-refractivity contribution in [2.24, 2.45) is 28.2 Å². The van der Waals surface area contributed by atoms with Gasteiger partial charge in [-0.05, 0) is 80.4 Å². The van der Waals surface area contributed by atoms with Gasteiger partial charge in [-0.3, -0.25) is 0 Å². The van der Waals surface area contributed by atoms with Gasteiger partial charge in [0, 0.05) is 28.2 Å². The molecule has 41 heavy (non-hydrogen) atoms. The van der Waals surface area contributed by atoms with Crippen LogP contribution in [0, 0.1) is 55.4 Å². The third kappa shape index (κ3) is 10.2. The first-order valence-corrected chi connectivity index (χ1v) is 17.7. The lowest BCUT2D eigenvalue weighted by Gasteiger charge is -1.98. The van der Waals surface area contributed by atoms with Crippen molar-refractivity contribution >= 4 is 47.0 Å². The average Bonchev–Trinajstić information content (AvgIpc) is 3.49. The summed E-state index contributed by atoms with van der Waals surface area (Å²) >= 11 is 6.97. The van der Waals surface area contributed by atoms with Crippen LogP contribution in [0.5, 0.6) is 0 Å². The highest BCUT2D eigenvalue weighted by molar-refractivity contribution is 7.99. The Labute approximate surface area is 266 Å². The molecule has 0 fully saturated rings. The van der Waals surface area contributed by atoms with Crippen molar-refractivity contribution in [1.29, 1.82) is 0 Å². The molecule has 4 rings (SSSR count). The number of hydrogen-bond acceptors (Lipinski definition) is 8. The van der Waals surface area contributed by atoms with E-state index < -0.39 is 0 Å². The van der Waals surface area contributed by atoms with Gasteiger partial charge in [0.2, 0.25) is 0 Å². The molecule has 4 heterocycles. The van der Waals surface area contributed by atoms with Crippen LogP contribution in [-0.2, 0) is 28.2 Å². The summed E-state index contributed by atoms with van der Waals surface area (Å²) in [4.78, 5) is 17.3. The Balaban J connectivity index is 0.000000516. The number of rotatable bonds is 4. The largest absolute Gasteiger partial charge is 0.326 e. The van der Waals surface area contributed by atoms with Gasteiger partial charge in [-0.1, -0.05) is 7.43 Å². The zero-order valence-electron chi connectivity index (χ0n) is 27.2. The molecule has 8 nitrogen and oxygen atoms in total. The van der Waals surface area contributed by atoms with E-state index in [9.17, 15) is 0 Å². The fourth-order valence-corrected chi connectivity index (χ4v) is 7.15. The maximum absolute atomic E-state index is 4.32. The van der Waals surface area contributed by atoms with Gasteiger partial charge in [0.25, 0.3) is 0 Å². The van der Waals surface area contributed by atoms with Crippen LogP contribution in [-0.4, -0.2) is 63.2 Å². The fourth-order valence-electron chi connectivity index (χ4n) is 4.16. The Morgan fingerprint density at radius 1 is 0.366 bits per heavy atom. The second-order valence-corrected chi connectivity index (χ2v) is 12.4. The second-order valence-electron chi connectivity index (χ2n) is 9.25. The third-order valence-electron chi connectivity index (χ3n) is 6.49. The predicted octanol–water partition coefficient (Wildman–Crippen LogP) is 7.67. The molecular weight excluding hydrogens is 589 g/mol. The van der Waals surface area contributed by atoms with Crippen LogP contribution in [0.15, 0.2) is 20.1 Å². The Morgan fingerprint density at radius 2 is 0.512 bits per heavy atom. The van der Waals surface area contributed by atoms with Crippen molar-refractivity contribution in [1.82, 2.24) is 38.2 Å². The van der Waals surface area contributed by atoms with Crippen molar-refractivity contribution in [3.05, 3.63) is 46.1 Å². The number of aromatic nitrogens is 8. The Morgan fingerprint density at radius 3 is 0.561 bits per heavy atom. The molecule has 4 aromatic rings. The van der Waals surface area contributed by atoms with E-state index in [0.717, 1.165) is 46.1 Å². The van der Waals surface area contributed by atoms with Gasteiger partial charge >= 0.3 is 0 Å². The summed E-state index contributed by atoms with van der Waals surface area (Å²) in [7, 11) is 8.17. The van der Waals surface area contributed by atoms with E-state index in [0.29, 0.717) is 0 Å². The number of hydrogen-bond donors (Lipinski definition) is 0. The van der Waals surface area contributed by atoms with Gasteiger partial charge < -0.3 is 18.3 Å². The summed E-state index contributed by atoms with van der Waals surface area (Å²) in [5, 5.41) is 5.05. The standard InChI is InChI=1S/4C7H12N2S.CH4/c4*1-5-7(10-4)9(3)6(2)8-5;/h4*1-4H3;1H4. The zero-order valence-corrected chi connectivity index (χ0v) is 30.5. The molecule has 0 spiro atoms. The molecule has 0 aliphatic rings. The zero-order chi connectivity index (χ0) is 30.9. The molecule has 0 N–H and O–H groups in total. The van der Waals surface area contributed by atoms with Crippen LogP contribution in [0.25, 0.3) is 0 Å². The summed E-state index contributed by atoms with van der Waals surface area (Å²) in [6.07, 6.45) is 8.29. The number of imidazole rings is 4. The van der Waals surface area contributed by atoms with E-state index in [1.54, 1.807) is 47.0 Å². The van der Waals surface area contributed by atoms with Gasteiger partial charge in [0.1, 0.15) is 23.3 Å². The summed E-state index contributed by atoms with van der Waals surface area (Å²) in [5.41, 5.74) is 4.53. The molecule has 0 bridgehead atoms. The van der Waals surface area contributed by atoms with Crippen molar-refractivity contribution < 1.29 is 0 Å². The number of nitrogens with zero attached hydrogens (tertiary/aromatic N) is 8. The molecule has 0 aliphatic carbocycles. The van der Waals surface area contributed by atoms with E-state index >= 15 is 0 Å². The lowest BCUT2D eigenvalue weighted by atomic mass is 10.6. The van der Waals surface area contributed by atoms with Crippen LogP contribution < -0.4 is 0 Å². The van der Waals surface area contributed by atoms with E-state index in [1.165, 1.54) is 20.1 Å². The summed E-state index contributed by atoms with van der Waals surface area (Å²) in [6.45, 7) is 16.2. The minimum absolute atomic E-state index is 0. The molecule has 0 amide bonds. The van der Waals surface area contributed by atoms with Crippen molar-refractivity contribution in [2.75, 3.05) is 25.0 Å². The lowest BCUT2D eigenvalue weighted by Crippen LogP contribution is -1.92. The summed E-state index contributed by atoms with van der Waals surface area (Å²) < 4.78 is 8.44. The summed E-state index contributed by atoms with van der Waals surface area (Å²) in [5.74, 6) is 4.34. The SMILES string of the molecule is C.CSc1c(C)nc(C)n1C.CSc1c(C)nc(C)n1C.CSc1c(C)nc(C)n1C.CSc1c(C)nc(C)n1C. The molecule has 12 heteroatoms. The van der Waals surface area contributed by atoms with E-state index in [1.807, 2.05) is 83.6 Å². The Hall–Kier alpha value is -1.76. The molecule has 0 aromatic carbocycles. The van der Waals surface area contributed by atoms with Crippen LogP contribution in [0.2, 0.25) is 0 Å². The normalized spacial score (nSPS) is 10.1. The van der Waals surface area contributed by atoms with Gasteiger partial charge in [-0.25, -0.2) is 19.9 Å². The maximum atomic E-state index is 4.32. The van der Waals surface area contributed by atoms with E-state index in [2.05, 4.69) is 63.2 Å². The second kappa shape index (κ2) is 18.0. The highest BCUT2D eigenvalue weighted by Crippen LogP contribution is 2.21. The molecule has 0 atom stereocenters. The van der Waals surface area contributed by atoms with Crippen molar-refractivity contribution in [3.63, 3.8) is 0 Å². The molecule has 0 radical (unpaired) electrons. The first-order chi connectivity index (χ1) is 18.7. The number of aryl methyl sites for hydroxylation is 8. The monoisotopic (exact) mass is 640 g/mol. The molecule has 0 unspecified atom stereocenters. The lowest BCUT2D eigenvalue weighted by molar-refractivity contribution is 0.783. The molecule has 0 saturated heterocycles. The fraction of sp³-hybridized carbons (Fsp3) is 0.586.